The molecule has 1 N–H and O–H groups in total. The average molecular weight is 383 g/mol. The molecule has 5 heteroatoms. The second kappa shape index (κ2) is 7.67. The highest BCUT2D eigenvalue weighted by Crippen LogP contribution is 2.37. The Morgan fingerprint density at radius 1 is 1.30 bits per heavy atom. The summed E-state index contributed by atoms with van der Waals surface area (Å²) in [6, 6.07) is 9.15. The van der Waals surface area contributed by atoms with E-state index < -0.39 is 5.60 Å². The van der Waals surface area contributed by atoms with Gasteiger partial charge in [-0.3, -0.25) is 0 Å². The number of likely N-dealkylation sites (N-methyl/N-ethyl adjacent to an activating group) is 1. The third-order valence-electron chi connectivity index (χ3n) is 4.06. The average Bonchev–Trinajstić information content (AvgIpc) is 2.40. The number of benzene rings is 1. The summed E-state index contributed by atoms with van der Waals surface area (Å²) < 4.78 is 6.46. The lowest BCUT2D eigenvalue weighted by atomic mass is 9.76. The lowest BCUT2D eigenvalue weighted by Crippen LogP contribution is -2.44. The van der Waals surface area contributed by atoms with E-state index in [0.717, 1.165) is 23.9 Å². The van der Waals surface area contributed by atoms with E-state index in [4.69, 9.17) is 4.74 Å². The summed E-state index contributed by atoms with van der Waals surface area (Å²) >= 11 is 3.47. The van der Waals surface area contributed by atoms with Crippen LogP contribution in [0.2, 0.25) is 0 Å². The minimum absolute atomic E-state index is 0.263. The van der Waals surface area contributed by atoms with Crippen LogP contribution in [0.1, 0.15) is 45.1 Å². The summed E-state index contributed by atoms with van der Waals surface area (Å²) in [5, 5.41) is 3.52. The molecule has 0 bridgehead atoms. The first-order chi connectivity index (χ1) is 10.7. The molecular weight excluding hydrogens is 356 g/mol. The van der Waals surface area contributed by atoms with E-state index in [1.807, 2.05) is 20.8 Å². The Bertz CT molecular complexity index is 519. The van der Waals surface area contributed by atoms with Crippen LogP contribution < -0.4 is 5.32 Å². The molecular formula is C18H27BrN2O2. The predicted molar refractivity (Wildman–Crippen MR) is 96.8 cm³/mol. The molecule has 0 radical (unpaired) electrons. The van der Waals surface area contributed by atoms with Gasteiger partial charge in [-0.2, -0.15) is 0 Å². The van der Waals surface area contributed by atoms with Gasteiger partial charge in [-0.1, -0.05) is 28.1 Å². The van der Waals surface area contributed by atoms with Crippen LogP contribution in [0.3, 0.4) is 0 Å². The summed E-state index contributed by atoms with van der Waals surface area (Å²) in [6.45, 7) is 7.11. The molecule has 1 saturated carbocycles. The number of carbonyl (C=O) groups is 1. The molecule has 0 aromatic heterocycles. The zero-order chi connectivity index (χ0) is 17.0. The van der Waals surface area contributed by atoms with Crippen LogP contribution in [-0.4, -0.2) is 42.8 Å². The number of nitrogens with one attached hydrogen (secondary N) is 1. The summed E-state index contributed by atoms with van der Waals surface area (Å²) in [5.74, 6) is 0.657. The molecule has 1 aliphatic rings. The van der Waals surface area contributed by atoms with Crippen LogP contribution in [-0.2, 0) is 4.74 Å². The Hall–Kier alpha value is -1.07. The Morgan fingerprint density at radius 3 is 2.48 bits per heavy atom. The van der Waals surface area contributed by atoms with Crippen molar-refractivity contribution in [1.82, 2.24) is 10.2 Å². The second-order valence-electron chi connectivity index (χ2n) is 7.27. The van der Waals surface area contributed by atoms with E-state index in [1.54, 1.807) is 11.9 Å². The maximum Gasteiger partial charge on any atom is 0.410 e. The molecule has 1 aromatic carbocycles. The van der Waals surface area contributed by atoms with Crippen molar-refractivity contribution in [3.05, 3.63) is 34.3 Å². The molecule has 2 rings (SSSR count). The van der Waals surface area contributed by atoms with Gasteiger partial charge in [-0.25, -0.2) is 4.79 Å². The molecule has 0 unspecified atom stereocenters. The Kier molecular flexibility index (Phi) is 6.09. The molecule has 1 aliphatic carbocycles. The highest BCUT2D eigenvalue weighted by Gasteiger charge is 2.29. The number of ether oxygens (including phenoxy) is 1. The highest BCUT2D eigenvalue weighted by atomic mass is 79.9. The van der Waals surface area contributed by atoms with Crippen LogP contribution in [0.5, 0.6) is 0 Å². The number of rotatable bonds is 5. The normalized spacial score (nSPS) is 20.7. The van der Waals surface area contributed by atoms with E-state index >= 15 is 0 Å². The topological polar surface area (TPSA) is 41.6 Å². The van der Waals surface area contributed by atoms with Crippen molar-refractivity contribution in [3.8, 4) is 0 Å². The molecule has 1 fully saturated rings. The van der Waals surface area contributed by atoms with Crippen LogP contribution in [0.25, 0.3) is 0 Å². The van der Waals surface area contributed by atoms with Crippen molar-refractivity contribution < 1.29 is 9.53 Å². The summed E-state index contributed by atoms with van der Waals surface area (Å²) in [6.07, 6.45) is 2.07. The summed E-state index contributed by atoms with van der Waals surface area (Å²) in [5.41, 5.74) is 0.974. The lowest BCUT2D eigenvalue weighted by molar-refractivity contribution is 0.0298. The summed E-state index contributed by atoms with van der Waals surface area (Å²) in [4.78, 5) is 13.5. The molecule has 23 heavy (non-hydrogen) atoms. The van der Waals surface area contributed by atoms with Gasteiger partial charge in [0, 0.05) is 30.7 Å². The molecule has 1 amide bonds. The van der Waals surface area contributed by atoms with Crippen molar-refractivity contribution >= 4 is 22.0 Å². The van der Waals surface area contributed by atoms with Crippen LogP contribution in [0.4, 0.5) is 4.79 Å². The van der Waals surface area contributed by atoms with Gasteiger partial charge in [0.05, 0.1) is 0 Å². The van der Waals surface area contributed by atoms with Crippen LogP contribution >= 0.6 is 15.9 Å². The molecule has 0 heterocycles. The quantitative estimate of drug-likeness (QED) is 0.831. The van der Waals surface area contributed by atoms with Crippen molar-refractivity contribution in [2.45, 2.75) is 51.2 Å². The van der Waals surface area contributed by atoms with Gasteiger partial charge in [0.15, 0.2) is 0 Å². The Morgan fingerprint density at radius 2 is 1.91 bits per heavy atom. The second-order valence-corrected chi connectivity index (χ2v) is 8.19. The molecule has 1 aromatic rings. The third-order valence-corrected chi connectivity index (χ3v) is 4.59. The van der Waals surface area contributed by atoms with Gasteiger partial charge in [0.2, 0.25) is 0 Å². The molecule has 0 spiro atoms. The number of amides is 1. The minimum atomic E-state index is -0.440. The van der Waals surface area contributed by atoms with Crippen LogP contribution in [0.15, 0.2) is 28.7 Å². The zero-order valence-corrected chi connectivity index (χ0v) is 16.0. The minimum Gasteiger partial charge on any atom is -0.444 e. The standard InChI is InChI=1S/C18H27BrN2O2/c1-18(2,3)23-17(22)21(4)10-9-20-16-11-14(12-16)13-5-7-15(19)8-6-13/h5-8,14,16,20H,9-12H2,1-4H3. The van der Waals surface area contributed by atoms with Crippen molar-refractivity contribution in [2.24, 2.45) is 0 Å². The van der Waals surface area contributed by atoms with Crippen molar-refractivity contribution in [2.75, 3.05) is 20.1 Å². The van der Waals surface area contributed by atoms with E-state index in [1.165, 1.54) is 5.56 Å². The maximum absolute atomic E-state index is 11.9. The van der Waals surface area contributed by atoms with Gasteiger partial charge in [-0.05, 0) is 57.2 Å². The number of nitrogens with zero attached hydrogens (tertiary/aromatic N) is 1. The molecule has 0 aliphatic heterocycles. The van der Waals surface area contributed by atoms with Gasteiger partial charge >= 0.3 is 6.09 Å². The first-order valence-corrected chi connectivity index (χ1v) is 8.97. The molecule has 0 saturated heterocycles. The van der Waals surface area contributed by atoms with Gasteiger partial charge in [0.25, 0.3) is 0 Å². The number of hydrogen-bond acceptors (Lipinski definition) is 3. The van der Waals surface area contributed by atoms with Crippen molar-refractivity contribution in [1.29, 1.82) is 0 Å². The van der Waals surface area contributed by atoms with E-state index in [9.17, 15) is 4.79 Å². The maximum atomic E-state index is 11.9. The Balaban J connectivity index is 1.63. The van der Waals surface area contributed by atoms with E-state index in [2.05, 4.69) is 45.5 Å². The third kappa shape index (κ3) is 5.81. The SMILES string of the molecule is CN(CCNC1CC(c2ccc(Br)cc2)C1)C(=O)OC(C)(C)C. The fraction of sp³-hybridized carbons (Fsp3) is 0.611. The van der Waals surface area contributed by atoms with Gasteiger partial charge in [0.1, 0.15) is 5.60 Å². The summed E-state index contributed by atoms with van der Waals surface area (Å²) in [7, 11) is 1.78. The smallest absolute Gasteiger partial charge is 0.410 e. The molecule has 0 atom stereocenters. The number of carbonyl (C=O) groups excluding carboxylic acids is 1. The van der Waals surface area contributed by atoms with Crippen molar-refractivity contribution in [3.63, 3.8) is 0 Å². The Labute approximate surface area is 147 Å². The van der Waals surface area contributed by atoms with Gasteiger partial charge in [-0.15, -0.1) is 0 Å². The number of halogens is 1. The highest BCUT2D eigenvalue weighted by molar-refractivity contribution is 9.10. The van der Waals surface area contributed by atoms with E-state index in [-0.39, 0.29) is 6.09 Å². The first-order valence-electron chi connectivity index (χ1n) is 8.17. The number of hydrogen-bond donors (Lipinski definition) is 1. The lowest BCUT2D eigenvalue weighted by Gasteiger charge is -2.37. The fourth-order valence-corrected chi connectivity index (χ4v) is 2.92. The van der Waals surface area contributed by atoms with Gasteiger partial charge < -0.3 is 15.0 Å². The molecule has 128 valence electrons. The predicted octanol–water partition coefficient (Wildman–Crippen LogP) is 4.15. The van der Waals surface area contributed by atoms with E-state index in [0.29, 0.717) is 18.5 Å². The fourth-order valence-electron chi connectivity index (χ4n) is 2.66. The van der Waals surface area contributed by atoms with Crippen LogP contribution in [0, 0.1) is 0 Å². The monoisotopic (exact) mass is 382 g/mol. The molecule has 4 nitrogen and oxygen atoms in total. The first kappa shape index (κ1) is 18.3. The largest absolute Gasteiger partial charge is 0.444 e. The zero-order valence-electron chi connectivity index (χ0n) is 14.4.